The lowest BCUT2D eigenvalue weighted by Crippen LogP contribution is -2.69. The van der Waals surface area contributed by atoms with Crippen LogP contribution in [0.2, 0.25) is 25.7 Å². The maximum absolute atomic E-state index is 9.65. The van der Waals surface area contributed by atoms with Gasteiger partial charge in [-0.15, -0.1) is 0 Å². The summed E-state index contributed by atoms with van der Waals surface area (Å²) in [6.07, 6.45) is 9.13. The number of hydrogen-bond acceptors (Lipinski definition) is 8. The van der Waals surface area contributed by atoms with Gasteiger partial charge in [0.05, 0.1) is 30.5 Å². The molecule has 0 unspecified atom stereocenters. The van der Waals surface area contributed by atoms with E-state index in [1.807, 2.05) is 33.9 Å². The molecule has 5 heterocycles. The molecule has 2 aliphatic rings. The van der Waals surface area contributed by atoms with Gasteiger partial charge in [0.2, 0.25) is 0 Å². The number of hydrogen-bond donors (Lipinski definition) is 1. The zero-order valence-electron chi connectivity index (χ0n) is 22.4. The topological polar surface area (TPSA) is 106 Å². The standard InChI is InChI=1S/C26H38N8O2Si/c1-35-23-14-28-9-5-22(23)33-16-26(17-33,7-8-27)34-15-20(13-31-34)24-21-6-10-32(25(21)30-18-29-24)19-36-11-12-37(2,3)4/h6,10,13,15,18,22-23,28H,5,7,9,11-12,14,16-17,19H2,1-4H3/t22-,23+/m1/s1. The van der Waals surface area contributed by atoms with Gasteiger partial charge in [-0.3, -0.25) is 9.58 Å². The maximum atomic E-state index is 9.65. The molecular formula is C26H38N8O2Si. The monoisotopic (exact) mass is 522 g/mol. The molecule has 0 amide bonds. The van der Waals surface area contributed by atoms with Gasteiger partial charge in [0, 0.05) is 70.8 Å². The third-order valence-electron chi connectivity index (χ3n) is 7.69. The van der Waals surface area contributed by atoms with Gasteiger partial charge in [0.1, 0.15) is 24.2 Å². The Balaban J connectivity index is 1.32. The van der Waals surface area contributed by atoms with Crippen LogP contribution in [-0.2, 0) is 21.7 Å². The van der Waals surface area contributed by atoms with E-state index in [4.69, 9.17) is 14.6 Å². The fourth-order valence-corrected chi connectivity index (χ4v) is 6.24. The van der Waals surface area contributed by atoms with Crippen LogP contribution in [0, 0.1) is 11.3 Å². The van der Waals surface area contributed by atoms with Crippen LogP contribution in [-0.4, -0.2) is 89.3 Å². The van der Waals surface area contributed by atoms with Gasteiger partial charge in [-0.2, -0.15) is 10.4 Å². The quantitative estimate of drug-likeness (QED) is 0.320. The summed E-state index contributed by atoms with van der Waals surface area (Å²) < 4.78 is 15.7. The van der Waals surface area contributed by atoms with Crippen molar-refractivity contribution in [2.24, 2.45) is 0 Å². The minimum absolute atomic E-state index is 0.167. The molecule has 2 fully saturated rings. The molecule has 0 aromatic carbocycles. The molecule has 2 saturated heterocycles. The van der Waals surface area contributed by atoms with E-state index in [2.05, 4.69) is 45.9 Å². The molecule has 1 N–H and O–H groups in total. The van der Waals surface area contributed by atoms with E-state index < -0.39 is 8.07 Å². The number of nitrogens with one attached hydrogen (secondary N) is 1. The summed E-state index contributed by atoms with van der Waals surface area (Å²) in [4.78, 5) is 11.6. The highest BCUT2D eigenvalue weighted by atomic mass is 28.3. The van der Waals surface area contributed by atoms with Gasteiger partial charge in [-0.25, -0.2) is 9.97 Å². The summed E-state index contributed by atoms with van der Waals surface area (Å²) in [6.45, 7) is 11.7. The maximum Gasteiger partial charge on any atom is 0.145 e. The molecule has 0 radical (unpaired) electrons. The van der Waals surface area contributed by atoms with Crippen molar-refractivity contribution >= 4 is 19.1 Å². The molecule has 11 heteroatoms. The Labute approximate surface area is 219 Å². The summed E-state index contributed by atoms with van der Waals surface area (Å²) in [7, 11) is 0.655. The number of nitriles is 1. The number of nitrogens with zero attached hydrogens (tertiary/aromatic N) is 7. The summed E-state index contributed by atoms with van der Waals surface area (Å²) in [5.41, 5.74) is 2.29. The third kappa shape index (κ3) is 5.35. The molecule has 0 bridgehead atoms. The largest absolute Gasteiger partial charge is 0.378 e. The second-order valence-corrected chi connectivity index (χ2v) is 17.2. The number of fused-ring (bicyclic) bond motifs is 1. The third-order valence-corrected chi connectivity index (χ3v) is 9.40. The summed E-state index contributed by atoms with van der Waals surface area (Å²) in [6, 6.07) is 5.94. The Bertz CT molecular complexity index is 1250. The Morgan fingerprint density at radius 2 is 2.11 bits per heavy atom. The van der Waals surface area contributed by atoms with E-state index in [1.165, 1.54) is 0 Å². The Morgan fingerprint density at radius 1 is 1.27 bits per heavy atom. The van der Waals surface area contributed by atoms with E-state index in [-0.39, 0.29) is 11.6 Å². The highest BCUT2D eigenvalue weighted by molar-refractivity contribution is 6.76. The molecule has 37 heavy (non-hydrogen) atoms. The Hall–Kier alpha value is -2.62. The van der Waals surface area contributed by atoms with Crippen molar-refractivity contribution in [2.45, 2.75) is 62.9 Å². The SMILES string of the molecule is CO[C@H]1CNCC[C@H]1N1CC(CC#N)(n2cc(-c3ncnc4c3ccn4COCC[Si](C)(C)C)cn2)C1. The first-order valence-electron chi connectivity index (χ1n) is 13.1. The van der Waals surface area contributed by atoms with Gasteiger partial charge in [-0.05, 0) is 25.1 Å². The number of piperidine rings is 1. The van der Waals surface area contributed by atoms with E-state index in [9.17, 15) is 5.26 Å². The molecule has 2 atom stereocenters. The number of ether oxygens (including phenoxy) is 2. The smallest absolute Gasteiger partial charge is 0.145 e. The van der Waals surface area contributed by atoms with Gasteiger partial charge < -0.3 is 19.4 Å². The van der Waals surface area contributed by atoms with Gasteiger partial charge in [0.15, 0.2) is 0 Å². The van der Waals surface area contributed by atoms with Crippen molar-refractivity contribution < 1.29 is 9.47 Å². The van der Waals surface area contributed by atoms with Crippen LogP contribution in [0.15, 0.2) is 31.0 Å². The fraction of sp³-hybridized carbons (Fsp3) is 0.615. The molecular weight excluding hydrogens is 484 g/mol. The molecule has 198 valence electrons. The minimum Gasteiger partial charge on any atom is -0.378 e. The number of methoxy groups -OCH3 is 1. The summed E-state index contributed by atoms with van der Waals surface area (Å²) in [5, 5.41) is 18.8. The Morgan fingerprint density at radius 3 is 2.86 bits per heavy atom. The second-order valence-electron chi connectivity index (χ2n) is 11.6. The number of rotatable bonds is 10. The molecule has 0 saturated carbocycles. The van der Waals surface area contributed by atoms with E-state index >= 15 is 0 Å². The zero-order chi connectivity index (χ0) is 26.0. The molecule has 2 aliphatic heterocycles. The highest BCUT2D eigenvalue weighted by Crippen LogP contribution is 2.37. The number of aromatic nitrogens is 5. The first-order chi connectivity index (χ1) is 17.8. The van der Waals surface area contributed by atoms with Crippen LogP contribution >= 0.6 is 0 Å². The first-order valence-corrected chi connectivity index (χ1v) is 16.8. The van der Waals surface area contributed by atoms with Crippen LogP contribution in [0.5, 0.6) is 0 Å². The predicted octanol–water partition coefficient (Wildman–Crippen LogP) is 2.91. The second kappa shape index (κ2) is 10.6. The van der Waals surface area contributed by atoms with Crippen LogP contribution in [0.3, 0.4) is 0 Å². The minimum atomic E-state index is -1.13. The van der Waals surface area contributed by atoms with Crippen molar-refractivity contribution in [3.05, 3.63) is 31.0 Å². The van der Waals surface area contributed by atoms with Crippen molar-refractivity contribution in [3.8, 4) is 17.3 Å². The molecule has 10 nitrogen and oxygen atoms in total. The average Bonchev–Trinajstić information content (AvgIpc) is 3.51. The van der Waals surface area contributed by atoms with Gasteiger partial charge >= 0.3 is 0 Å². The van der Waals surface area contributed by atoms with Crippen molar-refractivity contribution in [3.63, 3.8) is 0 Å². The van der Waals surface area contributed by atoms with Gasteiger partial charge in [-0.1, -0.05) is 19.6 Å². The Kier molecular flexibility index (Phi) is 7.47. The van der Waals surface area contributed by atoms with Crippen molar-refractivity contribution in [2.75, 3.05) is 39.9 Å². The lowest BCUT2D eigenvalue weighted by atomic mass is 9.83. The number of likely N-dealkylation sites (tertiary alicyclic amines) is 1. The van der Waals surface area contributed by atoms with E-state index in [1.54, 1.807) is 13.4 Å². The lowest BCUT2D eigenvalue weighted by Gasteiger charge is -2.54. The van der Waals surface area contributed by atoms with Crippen LogP contribution in [0.1, 0.15) is 12.8 Å². The summed E-state index contributed by atoms with van der Waals surface area (Å²) >= 11 is 0. The molecule has 3 aromatic heterocycles. The normalized spacial score (nSPS) is 22.1. The van der Waals surface area contributed by atoms with Crippen LogP contribution in [0.4, 0.5) is 0 Å². The first kappa shape index (κ1) is 26.0. The summed E-state index contributed by atoms with van der Waals surface area (Å²) in [5.74, 6) is 0. The van der Waals surface area contributed by atoms with Crippen molar-refractivity contribution in [1.29, 1.82) is 5.26 Å². The predicted molar refractivity (Wildman–Crippen MR) is 145 cm³/mol. The van der Waals surface area contributed by atoms with Crippen molar-refractivity contribution in [1.82, 2.24) is 34.5 Å². The van der Waals surface area contributed by atoms with Crippen LogP contribution < -0.4 is 5.32 Å². The lowest BCUT2D eigenvalue weighted by molar-refractivity contribution is -0.0836. The molecule has 0 spiro atoms. The molecule has 3 aromatic rings. The van der Waals surface area contributed by atoms with E-state index in [0.29, 0.717) is 19.2 Å². The highest BCUT2D eigenvalue weighted by Gasteiger charge is 2.49. The van der Waals surface area contributed by atoms with Gasteiger partial charge in [0.25, 0.3) is 0 Å². The zero-order valence-corrected chi connectivity index (χ0v) is 23.4. The molecule has 0 aliphatic carbocycles. The van der Waals surface area contributed by atoms with Crippen LogP contribution in [0.25, 0.3) is 22.3 Å². The van der Waals surface area contributed by atoms with E-state index in [0.717, 1.165) is 67.5 Å². The average molecular weight is 523 g/mol. The fourth-order valence-electron chi connectivity index (χ4n) is 5.49. The molecule has 5 rings (SSSR count).